The number of hydrogen-bond donors (Lipinski definition) is 1. The number of imide groups is 1. The van der Waals surface area contributed by atoms with Crippen LogP contribution in [0.4, 0.5) is 4.79 Å². The molecule has 0 spiro atoms. The molecule has 0 bridgehead atoms. The third kappa shape index (κ3) is 3.82. The number of nitrogens with one attached hydrogen (secondary N) is 1. The molecule has 0 saturated carbocycles. The van der Waals surface area contributed by atoms with Gasteiger partial charge in [0, 0.05) is 12.6 Å². The molecule has 154 valence electrons. The van der Waals surface area contributed by atoms with Gasteiger partial charge in [-0.1, -0.05) is 12.1 Å². The molecule has 0 radical (unpaired) electrons. The van der Waals surface area contributed by atoms with Gasteiger partial charge in [-0.2, -0.15) is 5.26 Å². The first-order chi connectivity index (χ1) is 13.6. The Morgan fingerprint density at radius 2 is 2.14 bits per heavy atom. The molecule has 9 nitrogen and oxygen atoms in total. The predicted molar refractivity (Wildman–Crippen MR) is 103 cm³/mol. The summed E-state index contributed by atoms with van der Waals surface area (Å²) >= 11 is 0. The molecule has 2 fully saturated rings. The number of carbonyl (C=O) groups is 3. The van der Waals surface area contributed by atoms with Gasteiger partial charge in [0.25, 0.3) is 5.91 Å². The second kappa shape index (κ2) is 7.48. The summed E-state index contributed by atoms with van der Waals surface area (Å²) in [6.07, 6.45) is 0.348. The summed E-state index contributed by atoms with van der Waals surface area (Å²) in [5, 5.41) is 11.7. The number of nitriles is 1. The van der Waals surface area contributed by atoms with E-state index in [0.29, 0.717) is 17.5 Å². The molecule has 2 aliphatic heterocycles. The normalized spacial score (nSPS) is 25.6. The molecule has 2 aliphatic rings. The number of carbonyl (C=O) groups excluding carboxylic acids is 3. The Morgan fingerprint density at radius 1 is 1.41 bits per heavy atom. The van der Waals surface area contributed by atoms with Gasteiger partial charge in [-0.15, -0.1) is 0 Å². The van der Waals surface area contributed by atoms with E-state index in [9.17, 15) is 22.8 Å². The van der Waals surface area contributed by atoms with Crippen molar-refractivity contribution in [2.45, 2.75) is 31.8 Å². The average Bonchev–Trinajstić information content (AvgIpc) is 3.14. The fourth-order valence-electron chi connectivity index (χ4n) is 3.82. The number of likely N-dealkylation sites (N-methyl/N-ethyl adjacent to an activating group) is 1. The van der Waals surface area contributed by atoms with Crippen molar-refractivity contribution >= 4 is 27.7 Å². The zero-order chi connectivity index (χ0) is 21.4. The monoisotopic (exact) mass is 418 g/mol. The molecule has 29 heavy (non-hydrogen) atoms. The van der Waals surface area contributed by atoms with Crippen molar-refractivity contribution in [1.29, 1.82) is 5.26 Å². The lowest BCUT2D eigenvalue weighted by molar-refractivity contribution is -0.139. The summed E-state index contributed by atoms with van der Waals surface area (Å²) < 4.78 is 23.5. The Hall–Kier alpha value is -2.93. The summed E-state index contributed by atoms with van der Waals surface area (Å²) in [6.45, 7) is 3.06. The minimum absolute atomic E-state index is 0.0257. The smallest absolute Gasteiger partial charge is 0.325 e. The van der Waals surface area contributed by atoms with Gasteiger partial charge in [0.2, 0.25) is 5.91 Å². The highest BCUT2D eigenvalue weighted by molar-refractivity contribution is 7.91. The minimum Gasteiger partial charge on any atom is -0.337 e. The van der Waals surface area contributed by atoms with Crippen molar-refractivity contribution in [2.75, 3.05) is 24.6 Å². The maximum atomic E-state index is 13.0. The number of benzene rings is 1. The largest absolute Gasteiger partial charge is 0.337 e. The maximum absolute atomic E-state index is 13.0. The maximum Gasteiger partial charge on any atom is 0.325 e. The fraction of sp³-hybridized carbons (Fsp3) is 0.474. The zero-order valence-corrected chi connectivity index (χ0v) is 17.0. The summed E-state index contributed by atoms with van der Waals surface area (Å²) in [6, 6.07) is 7.19. The molecule has 3 rings (SSSR count). The predicted octanol–water partition coefficient (Wildman–Crippen LogP) is 0.361. The van der Waals surface area contributed by atoms with Gasteiger partial charge in [-0.25, -0.2) is 13.2 Å². The standard InChI is InChI=1S/C19H22N4O5S/c1-3-22(15-7-8-29(27,28)12-15)16(24)11-23-17(25)19(2,21-18(23)26)14-6-4-5-13(9-14)10-20/h4-6,9,15H,3,7-8,11-12H2,1-2H3,(H,21,26). The molecule has 1 aromatic carbocycles. The van der Waals surface area contributed by atoms with Crippen molar-refractivity contribution in [2.24, 2.45) is 0 Å². The highest BCUT2D eigenvalue weighted by Gasteiger charge is 2.50. The molecule has 1 aromatic rings. The van der Waals surface area contributed by atoms with Crippen LogP contribution in [-0.2, 0) is 25.0 Å². The van der Waals surface area contributed by atoms with Crippen molar-refractivity contribution in [1.82, 2.24) is 15.1 Å². The lowest BCUT2D eigenvalue weighted by atomic mass is 9.91. The molecule has 0 aliphatic carbocycles. The summed E-state index contributed by atoms with van der Waals surface area (Å²) in [4.78, 5) is 40.5. The van der Waals surface area contributed by atoms with Gasteiger partial charge in [0.1, 0.15) is 12.1 Å². The van der Waals surface area contributed by atoms with Crippen molar-refractivity contribution in [3.63, 3.8) is 0 Å². The van der Waals surface area contributed by atoms with Gasteiger partial charge in [-0.05, 0) is 38.0 Å². The molecule has 0 aromatic heterocycles. The first-order valence-electron chi connectivity index (χ1n) is 9.26. The number of amides is 4. The number of nitrogens with zero attached hydrogens (tertiary/aromatic N) is 3. The van der Waals surface area contributed by atoms with Gasteiger partial charge >= 0.3 is 6.03 Å². The van der Waals surface area contributed by atoms with E-state index in [4.69, 9.17) is 5.26 Å². The number of urea groups is 1. The highest BCUT2D eigenvalue weighted by Crippen LogP contribution is 2.29. The van der Waals surface area contributed by atoms with Crippen molar-refractivity contribution < 1.29 is 22.8 Å². The molecule has 2 saturated heterocycles. The zero-order valence-electron chi connectivity index (χ0n) is 16.2. The first-order valence-corrected chi connectivity index (χ1v) is 11.1. The molecule has 4 amide bonds. The number of hydrogen-bond acceptors (Lipinski definition) is 6. The van der Waals surface area contributed by atoms with Gasteiger partial charge in [-0.3, -0.25) is 14.5 Å². The Bertz CT molecular complexity index is 1020. The topological polar surface area (TPSA) is 128 Å². The Morgan fingerprint density at radius 3 is 2.72 bits per heavy atom. The molecule has 2 unspecified atom stereocenters. The van der Waals surface area contributed by atoms with Crippen LogP contribution in [0.1, 0.15) is 31.4 Å². The van der Waals surface area contributed by atoms with Gasteiger partial charge in [0.15, 0.2) is 9.84 Å². The summed E-state index contributed by atoms with van der Waals surface area (Å²) in [7, 11) is -3.17. The van der Waals surface area contributed by atoms with E-state index >= 15 is 0 Å². The Kier molecular flexibility index (Phi) is 5.36. The highest BCUT2D eigenvalue weighted by atomic mass is 32.2. The quantitative estimate of drug-likeness (QED) is 0.688. The summed E-state index contributed by atoms with van der Waals surface area (Å²) in [5.74, 6) is -1.15. The molecular weight excluding hydrogens is 396 g/mol. The third-order valence-electron chi connectivity index (χ3n) is 5.45. The fourth-order valence-corrected chi connectivity index (χ4v) is 5.55. The molecular formula is C19H22N4O5S. The van der Waals surface area contributed by atoms with Gasteiger partial charge < -0.3 is 10.2 Å². The van der Waals surface area contributed by atoms with E-state index in [1.54, 1.807) is 25.1 Å². The van der Waals surface area contributed by atoms with Crippen LogP contribution >= 0.6 is 0 Å². The molecule has 2 atom stereocenters. The number of rotatable bonds is 5. The molecule has 1 N–H and O–H groups in total. The van der Waals surface area contributed by atoms with Crippen LogP contribution in [0.25, 0.3) is 0 Å². The van der Waals surface area contributed by atoms with Crippen LogP contribution in [0.2, 0.25) is 0 Å². The molecule has 2 heterocycles. The van der Waals surface area contributed by atoms with E-state index in [1.807, 2.05) is 6.07 Å². The lowest BCUT2D eigenvalue weighted by Gasteiger charge is -2.28. The van der Waals surface area contributed by atoms with Crippen LogP contribution < -0.4 is 5.32 Å². The van der Waals surface area contributed by atoms with Crippen LogP contribution in [0.15, 0.2) is 24.3 Å². The molecule has 10 heteroatoms. The number of sulfone groups is 1. The van der Waals surface area contributed by atoms with E-state index < -0.39 is 45.8 Å². The van der Waals surface area contributed by atoms with Crippen LogP contribution in [0.5, 0.6) is 0 Å². The van der Waals surface area contributed by atoms with Crippen LogP contribution in [-0.4, -0.2) is 66.7 Å². The Labute approximate surface area is 169 Å². The van der Waals surface area contributed by atoms with Crippen molar-refractivity contribution in [3.05, 3.63) is 35.4 Å². The summed E-state index contributed by atoms with van der Waals surface area (Å²) in [5.41, 5.74) is -0.600. The van der Waals surface area contributed by atoms with Crippen molar-refractivity contribution in [3.8, 4) is 6.07 Å². The van der Waals surface area contributed by atoms with E-state index in [1.165, 1.54) is 17.9 Å². The van der Waals surface area contributed by atoms with E-state index in [2.05, 4.69) is 5.32 Å². The second-order valence-corrected chi connectivity index (χ2v) is 9.60. The average molecular weight is 418 g/mol. The van der Waals surface area contributed by atoms with E-state index in [-0.39, 0.29) is 18.1 Å². The SMILES string of the molecule is CCN(C(=O)CN1C(=O)NC(C)(c2cccc(C#N)c2)C1=O)C1CCS(=O)(=O)C1. The second-order valence-electron chi connectivity index (χ2n) is 7.38. The van der Waals surface area contributed by atoms with E-state index in [0.717, 1.165) is 4.90 Å². The lowest BCUT2D eigenvalue weighted by Crippen LogP contribution is -2.48. The third-order valence-corrected chi connectivity index (χ3v) is 7.20. The Balaban J connectivity index is 1.79. The van der Waals surface area contributed by atoms with Crippen LogP contribution in [0.3, 0.4) is 0 Å². The van der Waals surface area contributed by atoms with Crippen LogP contribution in [0, 0.1) is 11.3 Å². The first kappa shape index (κ1) is 20.8. The van der Waals surface area contributed by atoms with Gasteiger partial charge in [0.05, 0.1) is 23.1 Å². The minimum atomic E-state index is -3.17.